The molecule has 1 aromatic rings. The minimum absolute atomic E-state index is 0.0214. The average molecular weight is 497 g/mol. The van der Waals surface area contributed by atoms with Crippen molar-refractivity contribution in [1.29, 1.82) is 0 Å². The summed E-state index contributed by atoms with van der Waals surface area (Å²) >= 11 is 0. The third kappa shape index (κ3) is 2.87. The Morgan fingerprint density at radius 3 is 2.50 bits per heavy atom. The highest BCUT2D eigenvalue weighted by atomic mass is 16.7. The van der Waals surface area contributed by atoms with E-state index in [1.165, 1.54) is 0 Å². The third-order valence-electron chi connectivity index (χ3n) is 10.8. The molecule has 0 aromatic heterocycles. The summed E-state index contributed by atoms with van der Waals surface area (Å²) in [6.45, 7) is 7.95. The van der Waals surface area contributed by atoms with E-state index in [-0.39, 0.29) is 31.0 Å². The van der Waals surface area contributed by atoms with Gasteiger partial charge in [-0.15, -0.1) is 0 Å². The van der Waals surface area contributed by atoms with Gasteiger partial charge in [0.05, 0.1) is 26.9 Å². The van der Waals surface area contributed by atoms with E-state index in [1.807, 2.05) is 24.3 Å². The van der Waals surface area contributed by atoms with Crippen molar-refractivity contribution in [2.24, 2.45) is 45.8 Å². The van der Waals surface area contributed by atoms with Crippen LogP contribution >= 0.6 is 0 Å². The first-order valence-corrected chi connectivity index (χ1v) is 13.7. The van der Waals surface area contributed by atoms with Gasteiger partial charge in [-0.05, 0) is 66.5 Å². The fourth-order valence-corrected chi connectivity index (χ4v) is 9.49. The fourth-order valence-electron chi connectivity index (χ4n) is 9.49. The second kappa shape index (κ2) is 8.57. The molecule has 1 N–H and O–H groups in total. The normalized spacial score (nSPS) is 41.0. The number of hydrogen-bond acceptors (Lipinski definition) is 6. The maximum atomic E-state index is 14.7. The van der Waals surface area contributed by atoms with Crippen LogP contribution in [0.1, 0.15) is 52.0 Å². The van der Waals surface area contributed by atoms with E-state index in [2.05, 4.69) is 26.8 Å². The number of aliphatic hydroxyl groups excluding tert-OH is 1. The van der Waals surface area contributed by atoms with Gasteiger partial charge < -0.3 is 24.1 Å². The van der Waals surface area contributed by atoms with Crippen molar-refractivity contribution in [2.75, 3.05) is 26.9 Å². The van der Waals surface area contributed by atoms with Crippen molar-refractivity contribution in [2.45, 2.75) is 59.4 Å². The molecule has 0 amide bonds. The van der Waals surface area contributed by atoms with Crippen molar-refractivity contribution in [3.63, 3.8) is 0 Å². The molecule has 5 aliphatic rings. The molecule has 1 aromatic carbocycles. The molecule has 0 spiro atoms. The second-order valence-electron chi connectivity index (χ2n) is 12.2. The van der Waals surface area contributed by atoms with Crippen molar-refractivity contribution < 1.29 is 28.8 Å². The number of rotatable bonds is 7. The van der Waals surface area contributed by atoms with Crippen molar-refractivity contribution in [3.8, 4) is 5.75 Å². The Bertz CT molecular complexity index is 1040. The van der Waals surface area contributed by atoms with Crippen LogP contribution < -0.4 is 4.74 Å². The Morgan fingerprint density at radius 2 is 1.86 bits per heavy atom. The first-order chi connectivity index (χ1) is 17.4. The predicted octanol–water partition coefficient (Wildman–Crippen LogP) is 4.74. The average Bonchev–Trinajstić information content (AvgIpc) is 3.64. The number of hydrogen-bond donors (Lipinski definition) is 1. The lowest BCUT2D eigenvalue weighted by Gasteiger charge is -2.61. The van der Waals surface area contributed by atoms with Gasteiger partial charge in [0.2, 0.25) is 0 Å². The van der Waals surface area contributed by atoms with E-state index in [4.69, 9.17) is 18.9 Å². The molecule has 6 rings (SSSR count). The molecule has 1 saturated heterocycles. The van der Waals surface area contributed by atoms with E-state index in [0.29, 0.717) is 31.0 Å². The molecule has 196 valence electrons. The summed E-state index contributed by atoms with van der Waals surface area (Å²) < 4.78 is 24.2. The summed E-state index contributed by atoms with van der Waals surface area (Å²) in [5, 5.41) is 11.2. The van der Waals surface area contributed by atoms with E-state index in [0.717, 1.165) is 42.6 Å². The van der Waals surface area contributed by atoms with Crippen LogP contribution in [0.4, 0.5) is 0 Å². The first kappa shape index (κ1) is 24.4. The molecule has 4 aliphatic carbocycles. The van der Waals surface area contributed by atoms with Crippen LogP contribution in [0.15, 0.2) is 35.9 Å². The number of benzene rings is 1. The Kier molecular flexibility index (Phi) is 5.82. The maximum absolute atomic E-state index is 14.7. The Balaban J connectivity index is 1.48. The summed E-state index contributed by atoms with van der Waals surface area (Å²) in [5.41, 5.74) is 0.0142. The van der Waals surface area contributed by atoms with Crippen molar-refractivity contribution in [1.82, 2.24) is 0 Å². The molecular formula is C30H40O6. The molecule has 6 heteroatoms. The van der Waals surface area contributed by atoms with Crippen LogP contribution in [-0.4, -0.2) is 44.3 Å². The van der Waals surface area contributed by atoms with Crippen LogP contribution in [-0.2, 0) is 25.6 Å². The number of aliphatic hydroxyl groups is 1. The van der Waals surface area contributed by atoms with Crippen LogP contribution in [0.2, 0.25) is 0 Å². The fraction of sp³-hybridized carbons (Fsp3) is 0.700. The van der Waals surface area contributed by atoms with Gasteiger partial charge in [0.1, 0.15) is 17.8 Å². The number of esters is 1. The standard InChI is InChI=1S/C30H40O6/c1-18(2)25-13-21-14-29(27-34-11-12-35-27)24-10-5-19(3)23(24)15-28(21,17-31)30(25,29)26(32)36-16-20-6-8-22(33-4)9-7-20/h6-9,13,18-19,21,23-24,27,31H,5,10-12,14-17H2,1-4H3/t19-,21+,23-,24-,28+,29-,30-/m1/s1. The van der Waals surface area contributed by atoms with E-state index < -0.39 is 22.5 Å². The largest absolute Gasteiger partial charge is 0.497 e. The number of fused-ring (bicyclic) bond motifs is 2. The molecule has 36 heavy (non-hydrogen) atoms. The van der Waals surface area contributed by atoms with Gasteiger partial charge in [-0.3, -0.25) is 4.79 Å². The summed E-state index contributed by atoms with van der Waals surface area (Å²) in [4.78, 5) is 14.7. The van der Waals surface area contributed by atoms with Gasteiger partial charge in [0.15, 0.2) is 6.29 Å². The maximum Gasteiger partial charge on any atom is 0.318 e. The Labute approximate surface area is 214 Å². The number of allylic oxidation sites excluding steroid dienone is 1. The van der Waals surface area contributed by atoms with E-state index in [1.54, 1.807) is 7.11 Å². The van der Waals surface area contributed by atoms with Crippen LogP contribution in [0, 0.1) is 45.8 Å². The Hall–Kier alpha value is -1.89. The molecule has 7 atom stereocenters. The SMILES string of the molecule is COc1ccc(COC(=O)[C@@]23C(C(C)C)=C[C@H]4C[C@]2(C2OCCO2)[C@@H]2CC[C@@H](C)[C@H]2C[C@]43CO)cc1. The van der Waals surface area contributed by atoms with Gasteiger partial charge in [0, 0.05) is 10.8 Å². The zero-order chi connectivity index (χ0) is 25.3. The topological polar surface area (TPSA) is 74.2 Å². The number of methoxy groups -OCH3 is 1. The van der Waals surface area contributed by atoms with Crippen LogP contribution in [0.5, 0.6) is 5.75 Å². The lowest BCUT2D eigenvalue weighted by molar-refractivity contribution is -0.246. The molecular weight excluding hydrogens is 456 g/mol. The summed E-state index contributed by atoms with van der Waals surface area (Å²) in [6, 6.07) is 7.65. The number of carbonyl (C=O) groups is 1. The van der Waals surface area contributed by atoms with Crippen molar-refractivity contribution in [3.05, 3.63) is 41.5 Å². The van der Waals surface area contributed by atoms with Gasteiger partial charge in [-0.25, -0.2) is 0 Å². The van der Waals surface area contributed by atoms with Gasteiger partial charge in [-0.1, -0.05) is 51.0 Å². The smallest absolute Gasteiger partial charge is 0.318 e. The summed E-state index contributed by atoms with van der Waals surface area (Å²) in [5.74, 6) is 2.19. The summed E-state index contributed by atoms with van der Waals surface area (Å²) in [7, 11) is 1.64. The molecule has 6 nitrogen and oxygen atoms in total. The van der Waals surface area contributed by atoms with Gasteiger partial charge in [0.25, 0.3) is 0 Å². The van der Waals surface area contributed by atoms with E-state index >= 15 is 0 Å². The molecule has 4 bridgehead atoms. The molecule has 1 heterocycles. The minimum atomic E-state index is -0.944. The summed E-state index contributed by atoms with van der Waals surface area (Å²) in [6.07, 6.45) is 5.78. The molecule has 4 fully saturated rings. The number of ether oxygens (including phenoxy) is 4. The monoisotopic (exact) mass is 496 g/mol. The van der Waals surface area contributed by atoms with Gasteiger partial charge in [-0.2, -0.15) is 0 Å². The molecule has 1 aliphatic heterocycles. The second-order valence-corrected chi connectivity index (χ2v) is 12.2. The van der Waals surface area contributed by atoms with Gasteiger partial charge >= 0.3 is 5.97 Å². The highest BCUT2D eigenvalue weighted by molar-refractivity contribution is 5.86. The quantitative estimate of drug-likeness (QED) is 0.434. The zero-order valence-corrected chi connectivity index (χ0v) is 22.0. The molecule has 0 unspecified atom stereocenters. The number of carbonyl (C=O) groups excluding carboxylic acids is 1. The third-order valence-corrected chi connectivity index (χ3v) is 10.8. The lowest BCUT2D eigenvalue weighted by Crippen LogP contribution is -2.66. The highest BCUT2D eigenvalue weighted by Gasteiger charge is 2.86. The Morgan fingerprint density at radius 1 is 1.14 bits per heavy atom. The van der Waals surface area contributed by atoms with E-state index in [9.17, 15) is 9.90 Å². The van der Waals surface area contributed by atoms with Crippen LogP contribution in [0.3, 0.4) is 0 Å². The predicted molar refractivity (Wildman–Crippen MR) is 134 cm³/mol. The minimum Gasteiger partial charge on any atom is -0.497 e. The zero-order valence-electron chi connectivity index (χ0n) is 22.0. The first-order valence-electron chi connectivity index (χ1n) is 13.7. The lowest BCUT2D eigenvalue weighted by atomic mass is 9.42. The van der Waals surface area contributed by atoms with Crippen LogP contribution in [0.25, 0.3) is 0 Å². The highest BCUT2D eigenvalue weighted by Crippen LogP contribution is 2.84. The van der Waals surface area contributed by atoms with Crippen molar-refractivity contribution >= 4 is 5.97 Å². The molecule has 0 radical (unpaired) electrons. The molecule has 3 saturated carbocycles.